The summed E-state index contributed by atoms with van der Waals surface area (Å²) in [6, 6.07) is 19.6. The Morgan fingerprint density at radius 3 is 2.50 bits per heavy atom. The Morgan fingerprint density at radius 1 is 1.18 bits per heavy atom. The van der Waals surface area contributed by atoms with Crippen LogP contribution in [0.2, 0.25) is 0 Å². The first-order chi connectivity index (χ1) is 16.5. The quantitative estimate of drug-likeness (QED) is 0.467. The molecule has 0 aliphatic carbocycles. The molecular formula is C27H34N4O3. The number of benzene rings is 2. The SMILES string of the molecule is CCc1nn(-c2ccccc2)c(Oc2ccccc2)c1CN(CC1CCCO1)C(=O)NC(C)C. The van der Waals surface area contributed by atoms with E-state index in [-0.39, 0.29) is 18.2 Å². The van der Waals surface area contributed by atoms with Gasteiger partial charge in [-0.15, -0.1) is 0 Å². The minimum absolute atomic E-state index is 0.0391. The maximum absolute atomic E-state index is 13.2. The van der Waals surface area contributed by atoms with E-state index >= 15 is 0 Å². The molecule has 2 heterocycles. The minimum Gasteiger partial charge on any atom is -0.439 e. The summed E-state index contributed by atoms with van der Waals surface area (Å²) in [5.41, 5.74) is 2.73. The number of urea groups is 1. The maximum Gasteiger partial charge on any atom is 0.317 e. The van der Waals surface area contributed by atoms with E-state index in [9.17, 15) is 4.79 Å². The summed E-state index contributed by atoms with van der Waals surface area (Å²) in [6.45, 7) is 7.68. The van der Waals surface area contributed by atoms with Gasteiger partial charge in [-0.25, -0.2) is 9.48 Å². The average Bonchev–Trinajstić information content (AvgIpc) is 3.47. The molecule has 0 radical (unpaired) electrons. The van der Waals surface area contributed by atoms with Gasteiger partial charge in [-0.05, 0) is 57.4 Å². The van der Waals surface area contributed by atoms with E-state index in [1.807, 2.05) is 84.1 Å². The van der Waals surface area contributed by atoms with Crippen LogP contribution >= 0.6 is 0 Å². The van der Waals surface area contributed by atoms with Crippen molar-refractivity contribution in [2.24, 2.45) is 0 Å². The molecular weight excluding hydrogens is 428 g/mol. The zero-order valence-corrected chi connectivity index (χ0v) is 20.2. The number of aryl methyl sites for hydroxylation is 1. The van der Waals surface area contributed by atoms with Crippen LogP contribution in [0.25, 0.3) is 5.69 Å². The fourth-order valence-corrected chi connectivity index (χ4v) is 4.15. The van der Waals surface area contributed by atoms with Gasteiger partial charge in [0.1, 0.15) is 5.75 Å². The van der Waals surface area contributed by atoms with Gasteiger partial charge in [0.2, 0.25) is 5.88 Å². The lowest BCUT2D eigenvalue weighted by atomic mass is 10.1. The number of amides is 2. The summed E-state index contributed by atoms with van der Waals surface area (Å²) in [4.78, 5) is 15.0. The highest BCUT2D eigenvalue weighted by atomic mass is 16.5. The van der Waals surface area contributed by atoms with Crippen molar-refractivity contribution in [3.8, 4) is 17.3 Å². The first-order valence-corrected chi connectivity index (χ1v) is 12.1. The van der Waals surface area contributed by atoms with Crippen LogP contribution in [0, 0.1) is 0 Å². The van der Waals surface area contributed by atoms with Gasteiger partial charge in [0, 0.05) is 19.2 Å². The number of aromatic nitrogens is 2. The number of para-hydroxylation sites is 2. The Kier molecular flexibility index (Phi) is 7.85. The van der Waals surface area contributed by atoms with Crippen LogP contribution in [0.4, 0.5) is 4.79 Å². The number of hydrogen-bond donors (Lipinski definition) is 1. The van der Waals surface area contributed by atoms with Gasteiger partial charge >= 0.3 is 6.03 Å². The highest BCUT2D eigenvalue weighted by Crippen LogP contribution is 2.32. The molecule has 7 nitrogen and oxygen atoms in total. The predicted octanol–water partition coefficient (Wildman–Crippen LogP) is 5.33. The van der Waals surface area contributed by atoms with E-state index in [0.29, 0.717) is 19.0 Å². The molecule has 1 N–H and O–H groups in total. The molecule has 1 aliphatic rings. The summed E-state index contributed by atoms with van der Waals surface area (Å²) < 4.78 is 14.1. The van der Waals surface area contributed by atoms with Gasteiger partial charge in [0.25, 0.3) is 0 Å². The number of carbonyl (C=O) groups is 1. The van der Waals surface area contributed by atoms with Crippen molar-refractivity contribution in [1.29, 1.82) is 0 Å². The van der Waals surface area contributed by atoms with E-state index in [1.54, 1.807) is 0 Å². The normalized spacial score (nSPS) is 15.5. The number of nitrogens with zero attached hydrogens (tertiary/aromatic N) is 3. The molecule has 1 aromatic heterocycles. The van der Waals surface area contributed by atoms with Crippen LogP contribution < -0.4 is 10.1 Å². The summed E-state index contributed by atoms with van der Waals surface area (Å²) >= 11 is 0. The Balaban J connectivity index is 1.74. The molecule has 7 heteroatoms. The lowest BCUT2D eigenvalue weighted by Crippen LogP contribution is -2.45. The molecule has 0 spiro atoms. The van der Waals surface area contributed by atoms with Crippen molar-refractivity contribution >= 4 is 6.03 Å². The van der Waals surface area contributed by atoms with E-state index in [4.69, 9.17) is 14.6 Å². The third-order valence-electron chi connectivity index (χ3n) is 5.81. The van der Waals surface area contributed by atoms with Gasteiger partial charge in [-0.1, -0.05) is 43.3 Å². The highest BCUT2D eigenvalue weighted by molar-refractivity contribution is 5.74. The molecule has 3 aromatic rings. The maximum atomic E-state index is 13.2. The summed E-state index contributed by atoms with van der Waals surface area (Å²) in [5, 5.41) is 7.95. The van der Waals surface area contributed by atoms with Crippen LogP contribution in [-0.4, -0.2) is 46.0 Å². The molecule has 34 heavy (non-hydrogen) atoms. The number of carbonyl (C=O) groups excluding carboxylic acids is 1. The molecule has 180 valence electrons. The molecule has 1 aliphatic heterocycles. The van der Waals surface area contributed by atoms with E-state index in [1.165, 1.54) is 0 Å². The molecule has 2 amide bonds. The zero-order valence-electron chi connectivity index (χ0n) is 20.2. The van der Waals surface area contributed by atoms with Crippen molar-refractivity contribution in [3.63, 3.8) is 0 Å². The second-order valence-electron chi connectivity index (χ2n) is 8.87. The van der Waals surface area contributed by atoms with Crippen molar-refractivity contribution in [3.05, 3.63) is 71.9 Å². The standard InChI is InChI=1S/C27H34N4O3/c1-4-25-24(19-30(27(32)28-20(2)3)18-23-16-11-17-33-23)26(34-22-14-9-6-10-15-22)31(29-25)21-12-7-5-8-13-21/h5-10,12-15,20,23H,4,11,16-19H2,1-3H3,(H,28,32). The van der Waals surface area contributed by atoms with Crippen molar-refractivity contribution < 1.29 is 14.3 Å². The van der Waals surface area contributed by atoms with Crippen LogP contribution in [0.1, 0.15) is 44.9 Å². The number of rotatable bonds is 9. The molecule has 4 rings (SSSR count). The summed E-state index contributed by atoms with van der Waals surface area (Å²) in [7, 11) is 0. The Morgan fingerprint density at radius 2 is 1.88 bits per heavy atom. The van der Waals surface area contributed by atoms with Crippen LogP contribution in [0.15, 0.2) is 60.7 Å². The Bertz CT molecular complexity index is 1060. The summed E-state index contributed by atoms with van der Waals surface area (Å²) in [6.07, 6.45) is 2.76. The second kappa shape index (κ2) is 11.2. The number of hydrogen-bond acceptors (Lipinski definition) is 4. The molecule has 1 atom stereocenters. The third-order valence-corrected chi connectivity index (χ3v) is 5.81. The Hall–Kier alpha value is -3.32. The van der Waals surface area contributed by atoms with E-state index in [2.05, 4.69) is 12.2 Å². The smallest absolute Gasteiger partial charge is 0.317 e. The molecule has 0 bridgehead atoms. The number of nitrogens with one attached hydrogen (secondary N) is 1. The fourth-order valence-electron chi connectivity index (χ4n) is 4.15. The van der Waals surface area contributed by atoms with Crippen LogP contribution in [-0.2, 0) is 17.7 Å². The van der Waals surface area contributed by atoms with Crippen LogP contribution in [0.3, 0.4) is 0 Å². The Labute approximate surface area is 201 Å². The largest absolute Gasteiger partial charge is 0.439 e. The van der Waals surface area contributed by atoms with Crippen molar-refractivity contribution in [2.45, 2.75) is 58.7 Å². The van der Waals surface area contributed by atoms with E-state index < -0.39 is 0 Å². The predicted molar refractivity (Wildman–Crippen MR) is 133 cm³/mol. The first-order valence-electron chi connectivity index (χ1n) is 12.1. The molecule has 0 saturated carbocycles. The van der Waals surface area contributed by atoms with Gasteiger partial charge in [0.15, 0.2) is 0 Å². The minimum atomic E-state index is -0.106. The molecule has 2 aromatic carbocycles. The van der Waals surface area contributed by atoms with Crippen molar-refractivity contribution in [2.75, 3.05) is 13.2 Å². The fraction of sp³-hybridized carbons (Fsp3) is 0.407. The molecule has 1 saturated heterocycles. The number of ether oxygens (including phenoxy) is 2. The second-order valence-corrected chi connectivity index (χ2v) is 8.87. The van der Waals surface area contributed by atoms with Gasteiger partial charge in [-0.3, -0.25) is 0 Å². The van der Waals surface area contributed by atoms with Gasteiger partial charge in [-0.2, -0.15) is 5.10 Å². The van der Waals surface area contributed by atoms with Crippen LogP contribution in [0.5, 0.6) is 11.6 Å². The lowest BCUT2D eigenvalue weighted by molar-refractivity contribution is 0.0788. The van der Waals surface area contributed by atoms with Crippen molar-refractivity contribution in [1.82, 2.24) is 20.0 Å². The van der Waals surface area contributed by atoms with Gasteiger partial charge in [0.05, 0.1) is 29.6 Å². The lowest BCUT2D eigenvalue weighted by Gasteiger charge is -2.27. The third kappa shape index (κ3) is 5.78. The summed E-state index contributed by atoms with van der Waals surface area (Å²) in [5.74, 6) is 1.35. The highest BCUT2D eigenvalue weighted by Gasteiger charge is 2.28. The molecule has 1 fully saturated rings. The topological polar surface area (TPSA) is 68.6 Å². The zero-order chi connectivity index (χ0) is 23.9. The first kappa shape index (κ1) is 23.8. The van der Waals surface area contributed by atoms with E-state index in [0.717, 1.165) is 48.6 Å². The average molecular weight is 463 g/mol. The molecule has 1 unspecified atom stereocenters. The van der Waals surface area contributed by atoms with Gasteiger partial charge < -0.3 is 19.7 Å². The monoisotopic (exact) mass is 462 g/mol.